The molecule has 0 saturated carbocycles. The fourth-order valence-corrected chi connectivity index (χ4v) is 4.13. The van der Waals surface area contributed by atoms with Gasteiger partial charge < -0.3 is 19.7 Å². The van der Waals surface area contributed by atoms with Gasteiger partial charge in [0.1, 0.15) is 11.2 Å². The van der Waals surface area contributed by atoms with Crippen LogP contribution >= 0.6 is 0 Å². The quantitative estimate of drug-likeness (QED) is 0.470. The van der Waals surface area contributed by atoms with E-state index in [9.17, 15) is 22.8 Å². The Morgan fingerprint density at radius 1 is 1.03 bits per heavy atom. The monoisotopic (exact) mass is 500 g/mol. The summed E-state index contributed by atoms with van der Waals surface area (Å²) in [5, 5.41) is 2.71. The zero-order valence-electron chi connectivity index (χ0n) is 21.6. The van der Waals surface area contributed by atoms with E-state index < -0.39 is 29.0 Å². The molecule has 6 nitrogen and oxygen atoms in total. The Labute approximate surface area is 206 Å². The van der Waals surface area contributed by atoms with Crippen molar-refractivity contribution < 1.29 is 32.2 Å². The molecule has 0 bridgehead atoms. The van der Waals surface area contributed by atoms with Crippen molar-refractivity contribution >= 4 is 12.2 Å². The van der Waals surface area contributed by atoms with E-state index >= 15 is 0 Å². The van der Waals surface area contributed by atoms with Crippen molar-refractivity contribution in [1.29, 1.82) is 0 Å². The molecule has 35 heavy (non-hydrogen) atoms. The number of nitrogens with one attached hydrogen (secondary N) is 1. The number of nitrogens with zero attached hydrogens (tertiary/aromatic N) is 1. The molecular weight excluding hydrogens is 461 g/mol. The number of piperidine rings is 1. The number of benzene rings is 1. The smallest absolute Gasteiger partial charge is 0.416 e. The largest absolute Gasteiger partial charge is 0.444 e. The van der Waals surface area contributed by atoms with Crippen molar-refractivity contribution in [2.75, 3.05) is 19.6 Å². The van der Waals surface area contributed by atoms with Gasteiger partial charge in [-0.15, -0.1) is 0 Å². The highest BCUT2D eigenvalue weighted by atomic mass is 19.4. The first-order valence-electron chi connectivity index (χ1n) is 12.2. The third-order valence-electron chi connectivity index (χ3n) is 5.73. The van der Waals surface area contributed by atoms with Gasteiger partial charge in [-0.25, -0.2) is 9.59 Å². The average molecular weight is 501 g/mol. The van der Waals surface area contributed by atoms with Crippen LogP contribution in [0.1, 0.15) is 84.3 Å². The average Bonchev–Trinajstić information content (AvgIpc) is 2.70. The van der Waals surface area contributed by atoms with Crippen molar-refractivity contribution in [2.24, 2.45) is 5.92 Å². The van der Waals surface area contributed by atoms with Gasteiger partial charge in [0.2, 0.25) is 0 Å². The number of hydrogen-bond acceptors (Lipinski definition) is 4. The van der Waals surface area contributed by atoms with Crippen LogP contribution in [0.15, 0.2) is 24.3 Å². The first-order valence-corrected chi connectivity index (χ1v) is 12.2. The lowest BCUT2D eigenvalue weighted by Crippen LogP contribution is -2.42. The standard InChI is InChI=1S/C26H39F3N2O4/c1-24(2,3)34-22(32)30-13-10-20(19-8-7-9-21(17-19)26(27,28)29)16-18-11-14-31(15-12-18)23(33)35-25(4,5)6/h7-9,17-18,20H,10-16H2,1-6H3,(H,30,32). The van der Waals surface area contributed by atoms with E-state index in [2.05, 4.69) is 5.32 Å². The number of ether oxygens (including phenoxy) is 2. The van der Waals surface area contributed by atoms with E-state index in [1.165, 1.54) is 12.1 Å². The van der Waals surface area contributed by atoms with E-state index in [0.29, 0.717) is 31.5 Å². The van der Waals surface area contributed by atoms with Crippen LogP contribution in [0.25, 0.3) is 0 Å². The highest BCUT2D eigenvalue weighted by Gasteiger charge is 2.32. The van der Waals surface area contributed by atoms with Crippen molar-refractivity contribution in [2.45, 2.75) is 90.5 Å². The number of carbonyl (C=O) groups excluding carboxylic acids is 2. The Kier molecular flexibility index (Phi) is 9.48. The highest BCUT2D eigenvalue weighted by Crippen LogP contribution is 2.36. The third kappa shape index (κ3) is 10.4. The van der Waals surface area contributed by atoms with Gasteiger partial charge in [-0.1, -0.05) is 18.2 Å². The molecule has 0 radical (unpaired) electrons. The highest BCUT2D eigenvalue weighted by molar-refractivity contribution is 5.68. The number of likely N-dealkylation sites (tertiary alicyclic amines) is 1. The Morgan fingerprint density at radius 2 is 1.63 bits per heavy atom. The molecule has 1 aromatic carbocycles. The molecule has 0 aliphatic carbocycles. The summed E-state index contributed by atoms with van der Waals surface area (Å²) in [7, 11) is 0. The van der Waals surface area contributed by atoms with Crippen LogP contribution in [0.3, 0.4) is 0 Å². The first-order chi connectivity index (χ1) is 16.0. The Hall–Kier alpha value is -2.45. The van der Waals surface area contributed by atoms with Crippen LogP contribution in [0.2, 0.25) is 0 Å². The topological polar surface area (TPSA) is 67.9 Å². The van der Waals surface area contributed by atoms with Crippen molar-refractivity contribution in [3.8, 4) is 0 Å². The van der Waals surface area contributed by atoms with Gasteiger partial charge >= 0.3 is 18.4 Å². The molecule has 1 aromatic rings. The van der Waals surface area contributed by atoms with Gasteiger partial charge in [-0.3, -0.25) is 0 Å². The summed E-state index contributed by atoms with van der Waals surface area (Å²) >= 11 is 0. The van der Waals surface area contributed by atoms with Crippen LogP contribution in [0.4, 0.5) is 22.8 Å². The molecule has 0 aromatic heterocycles. The van der Waals surface area contributed by atoms with Crippen LogP contribution in [0, 0.1) is 5.92 Å². The maximum atomic E-state index is 13.3. The molecule has 9 heteroatoms. The lowest BCUT2D eigenvalue weighted by Gasteiger charge is -2.35. The van der Waals surface area contributed by atoms with Gasteiger partial charge in [-0.05, 0) is 90.7 Å². The van der Waals surface area contributed by atoms with Gasteiger partial charge in [0.05, 0.1) is 5.56 Å². The Balaban J connectivity index is 2.05. The molecule has 0 spiro atoms. The number of alkyl carbamates (subject to hydrolysis) is 1. The van der Waals surface area contributed by atoms with Crippen molar-refractivity contribution in [3.63, 3.8) is 0 Å². The lowest BCUT2D eigenvalue weighted by molar-refractivity contribution is -0.137. The summed E-state index contributed by atoms with van der Waals surface area (Å²) < 4.78 is 50.7. The molecule has 1 aliphatic rings. The second kappa shape index (κ2) is 11.5. The van der Waals surface area contributed by atoms with Gasteiger partial charge in [0.15, 0.2) is 0 Å². The van der Waals surface area contributed by atoms with Crippen LogP contribution < -0.4 is 5.32 Å². The third-order valence-corrected chi connectivity index (χ3v) is 5.73. The number of hydrogen-bond donors (Lipinski definition) is 1. The SMILES string of the molecule is CC(C)(C)OC(=O)NCCC(CC1CCN(C(=O)OC(C)(C)C)CC1)c1cccc(C(F)(F)F)c1. The molecule has 1 unspecified atom stereocenters. The minimum absolute atomic E-state index is 0.176. The zero-order valence-corrected chi connectivity index (χ0v) is 21.6. The molecule has 1 saturated heterocycles. The number of amides is 2. The van der Waals surface area contributed by atoms with Crippen LogP contribution in [-0.2, 0) is 15.7 Å². The molecule has 1 aliphatic heterocycles. The summed E-state index contributed by atoms with van der Waals surface area (Å²) in [6.07, 6.45) is -2.68. The number of carbonyl (C=O) groups is 2. The Bertz CT molecular complexity index is 851. The van der Waals surface area contributed by atoms with Gasteiger partial charge in [-0.2, -0.15) is 13.2 Å². The van der Waals surface area contributed by atoms with E-state index in [1.807, 2.05) is 20.8 Å². The zero-order chi connectivity index (χ0) is 26.4. The normalized spacial score (nSPS) is 16.5. The summed E-state index contributed by atoms with van der Waals surface area (Å²) in [6, 6.07) is 5.41. The Morgan fingerprint density at radius 3 is 2.17 bits per heavy atom. The van der Waals surface area contributed by atoms with Crippen molar-refractivity contribution in [1.82, 2.24) is 10.2 Å². The fourth-order valence-electron chi connectivity index (χ4n) is 4.13. The summed E-state index contributed by atoms with van der Waals surface area (Å²) in [5.41, 5.74) is -1.28. The first kappa shape index (κ1) is 28.8. The number of alkyl halides is 3. The number of rotatable bonds is 6. The van der Waals surface area contributed by atoms with E-state index in [-0.39, 0.29) is 24.5 Å². The van der Waals surface area contributed by atoms with Crippen LogP contribution in [0.5, 0.6) is 0 Å². The molecule has 1 heterocycles. The van der Waals surface area contributed by atoms with Crippen LogP contribution in [-0.4, -0.2) is 47.9 Å². The summed E-state index contributed by atoms with van der Waals surface area (Å²) in [6.45, 7) is 12.1. The maximum Gasteiger partial charge on any atom is 0.416 e. The molecular formula is C26H39F3N2O4. The van der Waals surface area contributed by atoms with Gasteiger partial charge in [0.25, 0.3) is 0 Å². The summed E-state index contributed by atoms with van der Waals surface area (Å²) in [5.74, 6) is 0.0695. The molecule has 1 fully saturated rings. The van der Waals surface area contributed by atoms with E-state index in [1.54, 1.807) is 31.7 Å². The second-order valence-corrected chi connectivity index (χ2v) is 11.2. The van der Waals surface area contributed by atoms with E-state index in [4.69, 9.17) is 9.47 Å². The lowest BCUT2D eigenvalue weighted by atomic mass is 9.82. The predicted molar refractivity (Wildman–Crippen MR) is 128 cm³/mol. The molecule has 2 amide bonds. The van der Waals surface area contributed by atoms with Gasteiger partial charge in [0, 0.05) is 19.6 Å². The molecule has 2 rings (SSSR count). The minimum atomic E-state index is -4.42. The number of halogens is 3. The fraction of sp³-hybridized carbons (Fsp3) is 0.692. The predicted octanol–water partition coefficient (Wildman–Crippen LogP) is 6.74. The van der Waals surface area contributed by atoms with Crippen molar-refractivity contribution in [3.05, 3.63) is 35.4 Å². The summed E-state index contributed by atoms with van der Waals surface area (Å²) in [4.78, 5) is 26.1. The second-order valence-electron chi connectivity index (χ2n) is 11.2. The molecule has 198 valence electrons. The molecule has 1 N–H and O–H groups in total. The minimum Gasteiger partial charge on any atom is -0.444 e. The van der Waals surface area contributed by atoms with E-state index in [0.717, 1.165) is 18.9 Å². The molecule has 1 atom stereocenters. The maximum absolute atomic E-state index is 13.3.